The van der Waals surface area contributed by atoms with Crippen molar-refractivity contribution in [2.45, 2.75) is 0 Å². The molecule has 2 aromatic carbocycles. The van der Waals surface area contributed by atoms with Crippen LogP contribution in [0.1, 0.15) is 20.7 Å². The van der Waals surface area contributed by atoms with Gasteiger partial charge in [-0.1, -0.05) is 11.6 Å². The molecule has 1 amide bonds. The smallest absolute Gasteiger partial charge is 0.335 e. The van der Waals surface area contributed by atoms with Gasteiger partial charge in [0, 0.05) is 23.7 Å². The minimum Gasteiger partial charge on any atom is -0.478 e. The molecule has 2 heterocycles. The Bertz CT molecular complexity index is 1350. The van der Waals surface area contributed by atoms with E-state index in [2.05, 4.69) is 10.3 Å². The number of aromatic carboxylic acids is 1. The Balaban J connectivity index is 2.00. The van der Waals surface area contributed by atoms with E-state index in [-0.39, 0.29) is 44.3 Å². The Morgan fingerprint density at radius 2 is 1.77 bits per heavy atom. The zero-order valence-corrected chi connectivity index (χ0v) is 16.6. The number of carbonyl (C=O) groups excluding carboxylic acids is 1. The van der Waals surface area contributed by atoms with Crippen LogP contribution in [0, 0.1) is 11.6 Å². The van der Waals surface area contributed by atoms with E-state index in [1.54, 1.807) is 0 Å². The first-order valence-corrected chi connectivity index (χ1v) is 9.32. The number of nitrogens with zero attached hydrogens (tertiary/aromatic N) is 1. The molecule has 0 saturated carbocycles. The molecule has 0 aliphatic heterocycles. The third kappa shape index (κ3) is 3.62. The molecule has 4 rings (SSSR count). The first-order chi connectivity index (χ1) is 14.8. The molecule has 0 spiro atoms. The highest BCUT2D eigenvalue weighted by Gasteiger charge is 2.25. The van der Waals surface area contributed by atoms with Crippen molar-refractivity contribution in [1.82, 2.24) is 10.3 Å². The molecule has 0 aliphatic carbocycles. The average Bonchev–Trinajstić information content (AvgIpc) is 3.11. The van der Waals surface area contributed by atoms with Crippen LogP contribution in [-0.2, 0) is 0 Å². The molecule has 156 valence electrons. The van der Waals surface area contributed by atoms with Gasteiger partial charge < -0.3 is 14.8 Å². The first kappa shape index (κ1) is 20.5. The number of aromatic nitrogens is 1. The molecule has 0 fully saturated rings. The van der Waals surface area contributed by atoms with E-state index in [1.165, 1.54) is 37.4 Å². The summed E-state index contributed by atoms with van der Waals surface area (Å²) in [5.41, 5.74) is 0.400. The monoisotopic (exact) mass is 442 g/mol. The third-order valence-electron chi connectivity index (χ3n) is 4.70. The van der Waals surface area contributed by atoms with Crippen LogP contribution < -0.4 is 5.32 Å². The van der Waals surface area contributed by atoms with Crippen LogP contribution in [0.3, 0.4) is 0 Å². The SMILES string of the molecule is CNC(=O)c1c(-c2ccc(F)cc2)oc2nc(Cl)c(-c3cc(C(=O)O)ccc3F)cc12. The average molecular weight is 443 g/mol. The predicted molar refractivity (Wildman–Crippen MR) is 110 cm³/mol. The topological polar surface area (TPSA) is 92.4 Å². The van der Waals surface area contributed by atoms with Crippen molar-refractivity contribution in [3.8, 4) is 22.5 Å². The Kier molecular flexibility index (Phi) is 5.16. The summed E-state index contributed by atoms with van der Waals surface area (Å²) >= 11 is 6.25. The summed E-state index contributed by atoms with van der Waals surface area (Å²) < 4.78 is 33.6. The number of nitrogens with one attached hydrogen (secondary N) is 1. The minimum absolute atomic E-state index is 0.0153. The van der Waals surface area contributed by atoms with Gasteiger partial charge in [0.15, 0.2) is 0 Å². The lowest BCUT2D eigenvalue weighted by molar-refractivity contribution is 0.0696. The van der Waals surface area contributed by atoms with E-state index in [0.29, 0.717) is 5.56 Å². The third-order valence-corrected chi connectivity index (χ3v) is 4.99. The molecule has 0 radical (unpaired) electrons. The number of fused-ring (bicyclic) bond motifs is 1. The van der Waals surface area contributed by atoms with Gasteiger partial charge in [-0.25, -0.2) is 18.6 Å². The molecular formula is C22H13ClF2N2O4. The molecule has 9 heteroatoms. The summed E-state index contributed by atoms with van der Waals surface area (Å²) in [4.78, 5) is 28.1. The molecule has 0 saturated heterocycles. The van der Waals surface area contributed by atoms with E-state index in [1.807, 2.05) is 0 Å². The Morgan fingerprint density at radius 3 is 2.42 bits per heavy atom. The van der Waals surface area contributed by atoms with E-state index in [4.69, 9.17) is 16.0 Å². The lowest BCUT2D eigenvalue weighted by atomic mass is 10.0. The summed E-state index contributed by atoms with van der Waals surface area (Å²) in [6, 6.07) is 10.0. The van der Waals surface area contributed by atoms with E-state index >= 15 is 0 Å². The van der Waals surface area contributed by atoms with Crippen molar-refractivity contribution in [2.75, 3.05) is 7.05 Å². The maximum absolute atomic E-state index is 14.5. The number of carboxylic acids is 1. The van der Waals surface area contributed by atoms with Crippen LogP contribution >= 0.6 is 11.6 Å². The van der Waals surface area contributed by atoms with Gasteiger partial charge in [0.1, 0.15) is 22.5 Å². The van der Waals surface area contributed by atoms with Crippen molar-refractivity contribution >= 4 is 34.6 Å². The molecule has 2 aromatic heterocycles. The number of furan rings is 1. The fourth-order valence-corrected chi connectivity index (χ4v) is 3.44. The van der Waals surface area contributed by atoms with Crippen molar-refractivity contribution in [1.29, 1.82) is 0 Å². The number of pyridine rings is 1. The van der Waals surface area contributed by atoms with Crippen molar-refractivity contribution in [3.05, 3.63) is 76.4 Å². The molecule has 0 atom stereocenters. The van der Waals surface area contributed by atoms with Gasteiger partial charge in [-0.2, -0.15) is 0 Å². The lowest BCUT2D eigenvalue weighted by Crippen LogP contribution is -2.18. The number of carboxylic acid groups (broad SMARTS) is 1. The van der Waals surface area contributed by atoms with Gasteiger partial charge in [-0.05, 0) is 48.5 Å². The number of hydrogen-bond acceptors (Lipinski definition) is 4. The van der Waals surface area contributed by atoms with Crippen LogP contribution in [0.4, 0.5) is 8.78 Å². The molecular weight excluding hydrogens is 430 g/mol. The van der Waals surface area contributed by atoms with Crippen molar-refractivity contribution in [2.24, 2.45) is 0 Å². The highest BCUT2D eigenvalue weighted by Crippen LogP contribution is 2.38. The molecule has 2 N–H and O–H groups in total. The first-order valence-electron chi connectivity index (χ1n) is 8.94. The van der Waals surface area contributed by atoms with Crippen LogP contribution in [0.25, 0.3) is 33.6 Å². The number of rotatable bonds is 4. The number of amides is 1. The zero-order chi connectivity index (χ0) is 22.3. The second-order valence-corrected chi connectivity index (χ2v) is 6.93. The molecule has 0 bridgehead atoms. The Morgan fingerprint density at radius 1 is 1.06 bits per heavy atom. The van der Waals surface area contributed by atoms with Crippen LogP contribution in [0.2, 0.25) is 5.15 Å². The summed E-state index contributed by atoms with van der Waals surface area (Å²) in [5, 5.41) is 11.8. The lowest BCUT2D eigenvalue weighted by Gasteiger charge is -2.07. The quantitative estimate of drug-likeness (QED) is 0.426. The largest absolute Gasteiger partial charge is 0.478 e. The molecule has 0 unspecified atom stereocenters. The van der Waals surface area contributed by atoms with Crippen LogP contribution in [0.15, 0.2) is 52.9 Å². The molecule has 31 heavy (non-hydrogen) atoms. The van der Waals surface area contributed by atoms with E-state index in [0.717, 1.165) is 18.2 Å². The Labute approximate surface area is 179 Å². The summed E-state index contributed by atoms with van der Waals surface area (Å²) in [6.07, 6.45) is 0. The maximum Gasteiger partial charge on any atom is 0.335 e. The molecule has 4 aromatic rings. The van der Waals surface area contributed by atoms with Gasteiger partial charge >= 0.3 is 5.97 Å². The van der Waals surface area contributed by atoms with Crippen LogP contribution in [0.5, 0.6) is 0 Å². The normalized spacial score (nSPS) is 11.0. The Hall–Kier alpha value is -3.78. The number of carbonyl (C=O) groups is 2. The van der Waals surface area contributed by atoms with Crippen molar-refractivity contribution in [3.63, 3.8) is 0 Å². The maximum atomic E-state index is 14.5. The highest BCUT2D eigenvalue weighted by molar-refractivity contribution is 6.32. The summed E-state index contributed by atoms with van der Waals surface area (Å²) in [5.74, 6) is -2.78. The molecule has 6 nitrogen and oxygen atoms in total. The fraction of sp³-hybridized carbons (Fsp3) is 0.0455. The number of hydrogen-bond donors (Lipinski definition) is 2. The van der Waals surface area contributed by atoms with Gasteiger partial charge in [-0.15, -0.1) is 0 Å². The predicted octanol–water partition coefficient (Wildman–Crippen LogP) is 5.15. The zero-order valence-electron chi connectivity index (χ0n) is 15.9. The second-order valence-electron chi connectivity index (χ2n) is 6.57. The van der Waals surface area contributed by atoms with E-state index < -0.39 is 23.5 Å². The summed E-state index contributed by atoms with van der Waals surface area (Å²) in [7, 11) is 1.43. The van der Waals surface area contributed by atoms with Gasteiger partial charge in [0.25, 0.3) is 5.91 Å². The summed E-state index contributed by atoms with van der Waals surface area (Å²) in [6.45, 7) is 0. The van der Waals surface area contributed by atoms with Crippen LogP contribution in [-0.4, -0.2) is 29.0 Å². The van der Waals surface area contributed by atoms with Gasteiger partial charge in [-0.3, -0.25) is 4.79 Å². The number of benzene rings is 2. The second kappa shape index (κ2) is 7.81. The molecule has 0 aliphatic rings. The van der Waals surface area contributed by atoms with Gasteiger partial charge in [0.05, 0.1) is 16.5 Å². The minimum atomic E-state index is -1.24. The van der Waals surface area contributed by atoms with E-state index in [9.17, 15) is 23.5 Å². The number of halogens is 3. The standard InChI is InChI=1S/C22H13ClF2N2O4/c1-26-20(28)17-15-9-14(13-8-11(22(29)30)4-7-16(13)25)19(23)27-21(15)31-18(17)10-2-5-12(24)6-3-10/h2-9H,1H3,(H,26,28)(H,29,30). The highest BCUT2D eigenvalue weighted by atomic mass is 35.5. The fourth-order valence-electron chi connectivity index (χ4n) is 3.21. The van der Waals surface area contributed by atoms with Gasteiger partial charge in [0.2, 0.25) is 5.71 Å². The van der Waals surface area contributed by atoms with Crippen molar-refractivity contribution < 1.29 is 27.9 Å².